The van der Waals surface area contributed by atoms with E-state index in [1.807, 2.05) is 19.0 Å². The third-order valence-electron chi connectivity index (χ3n) is 3.18. The van der Waals surface area contributed by atoms with Crippen LogP contribution < -0.4 is 4.74 Å². The van der Waals surface area contributed by atoms with E-state index >= 15 is 0 Å². The number of hydrogen-bond donors (Lipinski definition) is 1. The normalized spacial score (nSPS) is 14.2. The van der Waals surface area contributed by atoms with Gasteiger partial charge in [0.2, 0.25) is 0 Å². The van der Waals surface area contributed by atoms with Crippen LogP contribution in [0, 0.1) is 11.7 Å². The number of hydrogen-bond acceptors (Lipinski definition) is 3. The molecule has 0 heterocycles. The highest BCUT2D eigenvalue weighted by atomic mass is 19.1. The molecule has 1 aromatic carbocycles. The molecule has 1 rings (SSSR count). The molecule has 1 N–H and O–H groups in total. The lowest BCUT2D eigenvalue weighted by molar-refractivity contribution is -0.141. The minimum Gasteiger partial charge on any atom is -0.494 e. The van der Waals surface area contributed by atoms with Crippen LogP contribution in [0.2, 0.25) is 0 Å². The van der Waals surface area contributed by atoms with Gasteiger partial charge in [0.25, 0.3) is 0 Å². The molecule has 1 aromatic rings. The van der Waals surface area contributed by atoms with E-state index in [4.69, 9.17) is 9.84 Å². The fraction of sp³-hybridized carbons (Fsp3) is 0.500. The predicted octanol–water partition coefficient (Wildman–Crippen LogP) is 2.55. The van der Waals surface area contributed by atoms with Gasteiger partial charge in [-0.1, -0.05) is 13.0 Å². The van der Waals surface area contributed by atoms with Crippen molar-refractivity contribution in [2.45, 2.75) is 19.4 Å². The average Bonchev–Trinajstić information content (AvgIpc) is 2.34. The third-order valence-corrected chi connectivity index (χ3v) is 3.18. The first-order valence-corrected chi connectivity index (χ1v) is 6.09. The van der Waals surface area contributed by atoms with Crippen molar-refractivity contribution in [3.05, 3.63) is 29.6 Å². The molecular weight excluding hydrogens is 249 g/mol. The molecule has 0 fully saturated rings. The summed E-state index contributed by atoms with van der Waals surface area (Å²) in [6.45, 7) is 1.65. The molecule has 5 heteroatoms. The summed E-state index contributed by atoms with van der Waals surface area (Å²) in [4.78, 5) is 12.8. The van der Waals surface area contributed by atoms with E-state index in [2.05, 4.69) is 0 Å². The summed E-state index contributed by atoms with van der Waals surface area (Å²) in [5, 5.41) is 8.98. The maximum absolute atomic E-state index is 13.7. The summed E-state index contributed by atoms with van der Waals surface area (Å²) in [6.07, 6.45) is 0.425. The van der Waals surface area contributed by atoms with Gasteiger partial charge in [-0.2, -0.15) is 0 Å². The monoisotopic (exact) mass is 269 g/mol. The molecular formula is C14H20FNO3. The van der Waals surface area contributed by atoms with Gasteiger partial charge in [0.1, 0.15) is 0 Å². The first-order valence-electron chi connectivity index (χ1n) is 6.09. The standard InChI is InChI=1S/C14H20FNO3/c1-9(14(17)18)7-12(16(2)3)10-5-6-13(19-4)11(15)8-10/h5-6,8-9,12H,7H2,1-4H3,(H,17,18). The second-order valence-corrected chi connectivity index (χ2v) is 4.85. The summed E-state index contributed by atoms with van der Waals surface area (Å²) < 4.78 is 18.6. The van der Waals surface area contributed by atoms with Crippen LogP contribution in [0.15, 0.2) is 18.2 Å². The van der Waals surface area contributed by atoms with Gasteiger partial charge < -0.3 is 14.7 Å². The van der Waals surface area contributed by atoms with Gasteiger partial charge in [-0.15, -0.1) is 0 Å². The average molecular weight is 269 g/mol. The first-order chi connectivity index (χ1) is 8.86. The molecule has 0 spiro atoms. The van der Waals surface area contributed by atoms with Crippen LogP contribution in [0.5, 0.6) is 5.75 Å². The van der Waals surface area contributed by atoms with Gasteiger partial charge in [0.15, 0.2) is 11.6 Å². The van der Waals surface area contributed by atoms with E-state index in [0.717, 1.165) is 5.56 Å². The Bertz CT molecular complexity index is 448. The number of benzene rings is 1. The van der Waals surface area contributed by atoms with E-state index in [-0.39, 0.29) is 11.8 Å². The van der Waals surface area contributed by atoms with E-state index in [0.29, 0.717) is 6.42 Å². The highest BCUT2D eigenvalue weighted by Crippen LogP contribution is 2.29. The van der Waals surface area contributed by atoms with Crippen LogP contribution in [0.4, 0.5) is 4.39 Å². The number of carbonyl (C=O) groups is 1. The van der Waals surface area contributed by atoms with Crippen LogP contribution >= 0.6 is 0 Å². The number of halogens is 1. The molecule has 2 atom stereocenters. The van der Waals surface area contributed by atoms with Crippen molar-refractivity contribution < 1.29 is 19.0 Å². The molecule has 0 saturated heterocycles. The zero-order valence-electron chi connectivity index (χ0n) is 11.7. The van der Waals surface area contributed by atoms with Gasteiger partial charge in [-0.3, -0.25) is 4.79 Å². The van der Waals surface area contributed by atoms with Crippen molar-refractivity contribution in [1.82, 2.24) is 4.90 Å². The Morgan fingerprint density at radius 3 is 2.53 bits per heavy atom. The Kier molecular flexibility index (Phi) is 5.30. The summed E-state index contributed by atoms with van der Waals surface area (Å²) in [6, 6.07) is 4.58. The summed E-state index contributed by atoms with van der Waals surface area (Å²) >= 11 is 0. The van der Waals surface area contributed by atoms with E-state index in [1.54, 1.807) is 19.1 Å². The minimum absolute atomic E-state index is 0.147. The van der Waals surface area contributed by atoms with E-state index in [1.165, 1.54) is 13.2 Å². The number of methoxy groups -OCH3 is 1. The minimum atomic E-state index is -0.846. The lowest BCUT2D eigenvalue weighted by Gasteiger charge is -2.26. The van der Waals surface area contributed by atoms with Crippen molar-refractivity contribution in [2.24, 2.45) is 5.92 Å². The lowest BCUT2D eigenvalue weighted by Crippen LogP contribution is -2.24. The fourth-order valence-corrected chi connectivity index (χ4v) is 1.97. The summed E-state index contributed by atoms with van der Waals surface area (Å²) in [7, 11) is 5.11. The molecule has 0 aliphatic heterocycles. The molecule has 0 amide bonds. The van der Waals surface area contributed by atoms with Gasteiger partial charge in [0.05, 0.1) is 13.0 Å². The van der Waals surface area contributed by atoms with Crippen molar-refractivity contribution in [3.8, 4) is 5.75 Å². The zero-order chi connectivity index (χ0) is 14.6. The molecule has 106 valence electrons. The highest BCUT2D eigenvalue weighted by molar-refractivity contribution is 5.69. The Labute approximate surface area is 112 Å². The van der Waals surface area contributed by atoms with E-state index < -0.39 is 17.7 Å². The summed E-state index contributed by atoms with van der Waals surface area (Å²) in [5.41, 5.74) is 0.747. The van der Waals surface area contributed by atoms with Crippen LogP contribution in [0.3, 0.4) is 0 Å². The fourth-order valence-electron chi connectivity index (χ4n) is 1.97. The molecule has 19 heavy (non-hydrogen) atoms. The van der Waals surface area contributed by atoms with Crippen LogP contribution in [-0.4, -0.2) is 37.2 Å². The molecule has 0 radical (unpaired) electrons. The smallest absolute Gasteiger partial charge is 0.306 e. The molecule has 0 aromatic heterocycles. The largest absolute Gasteiger partial charge is 0.494 e. The SMILES string of the molecule is COc1ccc(C(CC(C)C(=O)O)N(C)C)cc1F. The summed E-state index contributed by atoms with van der Waals surface area (Å²) in [5.74, 6) is -1.58. The van der Waals surface area contributed by atoms with Crippen molar-refractivity contribution in [1.29, 1.82) is 0 Å². The van der Waals surface area contributed by atoms with Gasteiger partial charge in [0, 0.05) is 6.04 Å². The third kappa shape index (κ3) is 3.92. The number of carboxylic acid groups (broad SMARTS) is 1. The number of aliphatic carboxylic acids is 1. The second kappa shape index (κ2) is 6.52. The maximum atomic E-state index is 13.7. The van der Waals surface area contributed by atoms with Gasteiger partial charge in [-0.05, 0) is 38.2 Å². The maximum Gasteiger partial charge on any atom is 0.306 e. The molecule has 0 aliphatic carbocycles. The second-order valence-electron chi connectivity index (χ2n) is 4.85. The molecule has 0 aliphatic rings. The molecule has 0 saturated carbocycles. The topological polar surface area (TPSA) is 49.8 Å². The Morgan fingerprint density at radius 1 is 1.47 bits per heavy atom. The quantitative estimate of drug-likeness (QED) is 0.862. The zero-order valence-corrected chi connectivity index (χ0v) is 11.7. The molecule has 4 nitrogen and oxygen atoms in total. The van der Waals surface area contributed by atoms with Crippen molar-refractivity contribution in [2.75, 3.05) is 21.2 Å². The number of rotatable bonds is 6. The van der Waals surface area contributed by atoms with Crippen LogP contribution in [-0.2, 0) is 4.79 Å². The molecule has 2 unspecified atom stereocenters. The predicted molar refractivity (Wildman–Crippen MR) is 70.8 cm³/mol. The van der Waals surface area contributed by atoms with Crippen molar-refractivity contribution in [3.63, 3.8) is 0 Å². The van der Waals surface area contributed by atoms with Crippen molar-refractivity contribution >= 4 is 5.97 Å². The molecule has 0 bridgehead atoms. The Balaban J connectivity index is 2.99. The Morgan fingerprint density at radius 2 is 2.11 bits per heavy atom. The Hall–Kier alpha value is -1.62. The van der Waals surface area contributed by atoms with E-state index in [9.17, 15) is 9.18 Å². The van der Waals surface area contributed by atoms with Crippen LogP contribution in [0.25, 0.3) is 0 Å². The highest BCUT2D eigenvalue weighted by Gasteiger charge is 2.22. The lowest BCUT2D eigenvalue weighted by atomic mass is 9.95. The van der Waals surface area contributed by atoms with Crippen LogP contribution in [0.1, 0.15) is 24.9 Å². The number of carboxylic acids is 1. The van der Waals surface area contributed by atoms with Gasteiger partial charge >= 0.3 is 5.97 Å². The number of nitrogens with zero attached hydrogens (tertiary/aromatic N) is 1. The number of ether oxygens (including phenoxy) is 1. The first kappa shape index (κ1) is 15.4. The van der Waals surface area contributed by atoms with Gasteiger partial charge in [-0.25, -0.2) is 4.39 Å².